The van der Waals surface area contributed by atoms with Gasteiger partial charge in [0.2, 0.25) is 11.8 Å². The molecule has 0 spiro atoms. The molecule has 1 aromatic carbocycles. The largest absolute Gasteiger partial charge is 0.497 e. The summed E-state index contributed by atoms with van der Waals surface area (Å²) in [5.74, 6) is 2.50. The number of ether oxygens (including phenoxy) is 2. The first-order valence-corrected chi connectivity index (χ1v) is 6.20. The van der Waals surface area contributed by atoms with Crippen LogP contribution in [0.4, 0.5) is 5.95 Å². The van der Waals surface area contributed by atoms with Crippen molar-refractivity contribution in [2.45, 2.75) is 13.3 Å². The molecule has 1 heterocycles. The fraction of sp³-hybridized carbons (Fsp3) is 0.286. The van der Waals surface area contributed by atoms with E-state index in [9.17, 15) is 0 Å². The fourth-order valence-corrected chi connectivity index (χ4v) is 1.51. The van der Waals surface area contributed by atoms with Crippen molar-refractivity contribution in [3.63, 3.8) is 0 Å². The first-order chi connectivity index (χ1) is 9.31. The Balaban J connectivity index is 2.09. The van der Waals surface area contributed by atoms with Gasteiger partial charge in [0.1, 0.15) is 11.5 Å². The first kappa shape index (κ1) is 13.1. The predicted molar refractivity (Wildman–Crippen MR) is 73.9 cm³/mol. The van der Waals surface area contributed by atoms with E-state index >= 15 is 0 Å². The average Bonchev–Trinajstić information content (AvgIpc) is 2.46. The van der Waals surface area contributed by atoms with E-state index in [1.165, 1.54) is 0 Å². The van der Waals surface area contributed by atoms with Crippen molar-refractivity contribution in [2.24, 2.45) is 0 Å². The van der Waals surface area contributed by atoms with Crippen LogP contribution in [0, 0.1) is 0 Å². The molecule has 5 heteroatoms. The van der Waals surface area contributed by atoms with E-state index in [4.69, 9.17) is 9.47 Å². The van der Waals surface area contributed by atoms with Crippen LogP contribution in [0.3, 0.4) is 0 Å². The van der Waals surface area contributed by atoms with E-state index in [0.717, 1.165) is 18.7 Å². The standard InChI is InChI=1S/C14H17N3O2/c1-3-8-15-14-16-9-7-13(17-14)19-12-6-4-5-11(10-12)18-2/h4-7,9-10H,3,8H2,1-2H3,(H,15,16,17). The normalized spacial score (nSPS) is 10.0. The summed E-state index contributed by atoms with van der Waals surface area (Å²) in [6, 6.07) is 9.11. The van der Waals surface area contributed by atoms with Crippen molar-refractivity contribution >= 4 is 5.95 Å². The van der Waals surface area contributed by atoms with Crippen LogP contribution in [0.5, 0.6) is 17.4 Å². The van der Waals surface area contributed by atoms with Crippen LogP contribution in [0.2, 0.25) is 0 Å². The number of benzene rings is 1. The number of hydrogen-bond donors (Lipinski definition) is 1. The van der Waals surface area contributed by atoms with Gasteiger partial charge in [-0.15, -0.1) is 0 Å². The van der Waals surface area contributed by atoms with Crippen molar-refractivity contribution in [2.75, 3.05) is 19.0 Å². The molecular formula is C14H17N3O2. The molecule has 0 radical (unpaired) electrons. The van der Waals surface area contributed by atoms with Gasteiger partial charge in [-0.05, 0) is 18.6 Å². The van der Waals surface area contributed by atoms with Crippen molar-refractivity contribution in [1.29, 1.82) is 0 Å². The third-order valence-corrected chi connectivity index (χ3v) is 2.43. The highest BCUT2D eigenvalue weighted by Gasteiger charge is 2.02. The maximum atomic E-state index is 5.67. The summed E-state index contributed by atoms with van der Waals surface area (Å²) in [5, 5.41) is 3.12. The summed E-state index contributed by atoms with van der Waals surface area (Å²) in [4.78, 5) is 8.40. The van der Waals surface area contributed by atoms with Gasteiger partial charge in [0.05, 0.1) is 7.11 Å². The SMILES string of the molecule is CCCNc1nccc(Oc2cccc(OC)c2)n1. The van der Waals surface area contributed by atoms with Gasteiger partial charge in [-0.3, -0.25) is 0 Å². The van der Waals surface area contributed by atoms with Gasteiger partial charge in [0.25, 0.3) is 0 Å². The van der Waals surface area contributed by atoms with Crippen LogP contribution in [0.15, 0.2) is 36.5 Å². The van der Waals surface area contributed by atoms with Gasteiger partial charge in [0, 0.05) is 24.9 Å². The minimum absolute atomic E-state index is 0.502. The highest BCUT2D eigenvalue weighted by atomic mass is 16.5. The number of hydrogen-bond acceptors (Lipinski definition) is 5. The molecule has 0 aliphatic heterocycles. The number of aromatic nitrogens is 2. The lowest BCUT2D eigenvalue weighted by Crippen LogP contribution is -2.04. The number of nitrogens with one attached hydrogen (secondary N) is 1. The zero-order valence-corrected chi connectivity index (χ0v) is 11.1. The second-order valence-corrected chi connectivity index (χ2v) is 3.93. The maximum absolute atomic E-state index is 5.67. The topological polar surface area (TPSA) is 56.3 Å². The zero-order chi connectivity index (χ0) is 13.5. The molecule has 19 heavy (non-hydrogen) atoms. The molecule has 1 N–H and O–H groups in total. The summed E-state index contributed by atoms with van der Waals surface area (Å²) < 4.78 is 10.8. The monoisotopic (exact) mass is 259 g/mol. The molecule has 0 atom stereocenters. The Labute approximate surface area is 112 Å². The fourth-order valence-electron chi connectivity index (χ4n) is 1.51. The molecule has 2 rings (SSSR count). The lowest BCUT2D eigenvalue weighted by Gasteiger charge is -2.08. The van der Waals surface area contributed by atoms with Gasteiger partial charge in [-0.25, -0.2) is 4.98 Å². The van der Waals surface area contributed by atoms with Crippen molar-refractivity contribution in [3.8, 4) is 17.4 Å². The Bertz CT molecular complexity index is 532. The molecule has 0 aliphatic rings. The number of methoxy groups -OCH3 is 1. The molecule has 0 saturated carbocycles. The average molecular weight is 259 g/mol. The Hall–Kier alpha value is -2.30. The van der Waals surface area contributed by atoms with Crippen LogP contribution in [-0.2, 0) is 0 Å². The third kappa shape index (κ3) is 3.84. The summed E-state index contributed by atoms with van der Waals surface area (Å²) >= 11 is 0. The van der Waals surface area contributed by atoms with Crippen LogP contribution >= 0.6 is 0 Å². The Morgan fingerprint density at radius 1 is 1.21 bits per heavy atom. The first-order valence-electron chi connectivity index (χ1n) is 6.20. The van der Waals surface area contributed by atoms with E-state index in [1.807, 2.05) is 18.2 Å². The highest BCUT2D eigenvalue weighted by molar-refractivity contribution is 5.36. The Morgan fingerprint density at radius 2 is 2.05 bits per heavy atom. The van der Waals surface area contributed by atoms with Gasteiger partial charge in [-0.1, -0.05) is 13.0 Å². The number of rotatable bonds is 6. The minimum Gasteiger partial charge on any atom is -0.497 e. The molecule has 100 valence electrons. The summed E-state index contributed by atoms with van der Waals surface area (Å²) in [7, 11) is 1.62. The van der Waals surface area contributed by atoms with E-state index in [-0.39, 0.29) is 0 Å². The lowest BCUT2D eigenvalue weighted by atomic mass is 10.3. The minimum atomic E-state index is 0.502. The molecule has 5 nitrogen and oxygen atoms in total. The third-order valence-electron chi connectivity index (χ3n) is 2.43. The van der Waals surface area contributed by atoms with Crippen LogP contribution in [-0.4, -0.2) is 23.6 Å². The summed E-state index contributed by atoms with van der Waals surface area (Å²) in [5.41, 5.74) is 0. The second kappa shape index (κ2) is 6.58. The van der Waals surface area contributed by atoms with E-state index in [1.54, 1.807) is 25.4 Å². The van der Waals surface area contributed by atoms with Gasteiger partial charge in [-0.2, -0.15) is 4.98 Å². The molecular weight excluding hydrogens is 242 g/mol. The summed E-state index contributed by atoms with van der Waals surface area (Å²) in [6.07, 6.45) is 2.69. The Kier molecular flexibility index (Phi) is 4.55. The Morgan fingerprint density at radius 3 is 2.84 bits per heavy atom. The quantitative estimate of drug-likeness (QED) is 0.863. The lowest BCUT2D eigenvalue weighted by molar-refractivity contribution is 0.407. The predicted octanol–water partition coefficient (Wildman–Crippen LogP) is 3.10. The van der Waals surface area contributed by atoms with Gasteiger partial charge < -0.3 is 14.8 Å². The van der Waals surface area contributed by atoms with E-state index < -0.39 is 0 Å². The molecule has 0 bridgehead atoms. The molecule has 0 fully saturated rings. The van der Waals surface area contributed by atoms with Gasteiger partial charge in [0.15, 0.2) is 0 Å². The van der Waals surface area contributed by atoms with Crippen molar-refractivity contribution in [1.82, 2.24) is 9.97 Å². The van der Waals surface area contributed by atoms with Crippen molar-refractivity contribution in [3.05, 3.63) is 36.5 Å². The van der Waals surface area contributed by atoms with Crippen LogP contribution < -0.4 is 14.8 Å². The molecule has 0 aliphatic carbocycles. The molecule has 0 amide bonds. The molecule has 0 saturated heterocycles. The number of anilines is 1. The van der Waals surface area contributed by atoms with Crippen LogP contribution in [0.1, 0.15) is 13.3 Å². The smallest absolute Gasteiger partial charge is 0.225 e. The zero-order valence-electron chi connectivity index (χ0n) is 11.1. The van der Waals surface area contributed by atoms with E-state index in [0.29, 0.717) is 17.6 Å². The van der Waals surface area contributed by atoms with Gasteiger partial charge >= 0.3 is 0 Å². The molecule has 1 aromatic heterocycles. The molecule has 2 aromatic rings. The second-order valence-electron chi connectivity index (χ2n) is 3.93. The van der Waals surface area contributed by atoms with Crippen LogP contribution in [0.25, 0.3) is 0 Å². The van der Waals surface area contributed by atoms with Crippen molar-refractivity contribution < 1.29 is 9.47 Å². The van der Waals surface area contributed by atoms with E-state index in [2.05, 4.69) is 22.2 Å². The molecule has 0 unspecified atom stereocenters. The number of nitrogens with zero attached hydrogens (tertiary/aromatic N) is 2. The maximum Gasteiger partial charge on any atom is 0.225 e. The summed E-state index contributed by atoms with van der Waals surface area (Å²) in [6.45, 7) is 2.92. The highest BCUT2D eigenvalue weighted by Crippen LogP contribution is 2.23.